The molecule has 0 saturated carbocycles. The summed E-state index contributed by atoms with van der Waals surface area (Å²) in [5.74, 6) is 1.95. The van der Waals surface area contributed by atoms with Crippen molar-refractivity contribution in [1.82, 2.24) is 15.0 Å². The van der Waals surface area contributed by atoms with Crippen LogP contribution in [0, 0.1) is 5.92 Å². The number of aromatic nitrogens is 2. The number of amides is 1. The van der Waals surface area contributed by atoms with Crippen molar-refractivity contribution >= 4 is 22.9 Å². The van der Waals surface area contributed by atoms with E-state index in [0.29, 0.717) is 24.8 Å². The van der Waals surface area contributed by atoms with Gasteiger partial charge in [0.15, 0.2) is 0 Å². The van der Waals surface area contributed by atoms with Crippen LogP contribution in [0.4, 0.5) is 5.69 Å². The van der Waals surface area contributed by atoms with Crippen molar-refractivity contribution in [2.24, 2.45) is 5.92 Å². The van der Waals surface area contributed by atoms with Gasteiger partial charge in [0.25, 0.3) is 0 Å². The Kier molecular flexibility index (Phi) is 5.68. The summed E-state index contributed by atoms with van der Waals surface area (Å²) >= 11 is 1.58. The molecule has 0 spiro atoms. The molecule has 0 radical (unpaired) electrons. The highest BCUT2D eigenvalue weighted by atomic mass is 32.1. The summed E-state index contributed by atoms with van der Waals surface area (Å²) in [6, 6.07) is 11.3. The quantitative estimate of drug-likeness (QED) is 0.683. The fourth-order valence-electron chi connectivity index (χ4n) is 3.35. The summed E-state index contributed by atoms with van der Waals surface area (Å²) < 4.78 is 10.5. The summed E-state index contributed by atoms with van der Waals surface area (Å²) in [6.07, 6.45) is 1.84. The highest BCUT2D eigenvalue weighted by molar-refractivity contribution is 7.13. The molecule has 1 N–H and O–H groups in total. The lowest BCUT2D eigenvalue weighted by molar-refractivity contribution is -0.121. The summed E-state index contributed by atoms with van der Waals surface area (Å²) in [6.45, 7) is 2.16. The van der Waals surface area contributed by atoms with E-state index in [1.165, 1.54) is 0 Å². The van der Waals surface area contributed by atoms with Crippen LogP contribution in [0.25, 0.3) is 10.7 Å². The van der Waals surface area contributed by atoms with Crippen LogP contribution in [0.2, 0.25) is 0 Å². The zero-order valence-electron chi connectivity index (χ0n) is 15.6. The normalized spacial score (nSPS) is 17.4. The molecule has 146 valence electrons. The van der Waals surface area contributed by atoms with Crippen molar-refractivity contribution in [2.75, 3.05) is 25.5 Å². The number of carbonyl (C=O) groups is 1. The second-order valence-electron chi connectivity index (χ2n) is 6.78. The van der Waals surface area contributed by atoms with E-state index < -0.39 is 0 Å². The van der Waals surface area contributed by atoms with Crippen LogP contribution in [0.5, 0.6) is 5.75 Å². The molecule has 1 saturated heterocycles. The zero-order chi connectivity index (χ0) is 19.3. The van der Waals surface area contributed by atoms with Gasteiger partial charge in [-0.15, -0.1) is 11.3 Å². The standard InChI is InChI=1S/C20H22N4O3S/c1-26-16-8-6-15(7-9-16)21-20(25)14-4-2-10-24(12-14)13-18-22-19(23-27-18)17-5-3-11-28-17/h3,5-9,11,14H,2,4,10,12-13H2,1H3,(H,21,25). The third-order valence-corrected chi connectivity index (χ3v) is 5.67. The number of hydrogen-bond acceptors (Lipinski definition) is 7. The fraction of sp³-hybridized carbons (Fsp3) is 0.350. The first kappa shape index (κ1) is 18.6. The van der Waals surface area contributed by atoms with E-state index in [-0.39, 0.29) is 11.8 Å². The molecule has 0 aliphatic carbocycles. The van der Waals surface area contributed by atoms with Gasteiger partial charge >= 0.3 is 0 Å². The second kappa shape index (κ2) is 8.53. The molecule has 28 heavy (non-hydrogen) atoms. The van der Waals surface area contributed by atoms with Crippen LogP contribution in [-0.2, 0) is 11.3 Å². The summed E-state index contributed by atoms with van der Waals surface area (Å²) in [7, 11) is 1.62. The molecule has 0 bridgehead atoms. The molecule has 7 nitrogen and oxygen atoms in total. The predicted molar refractivity (Wildman–Crippen MR) is 107 cm³/mol. The highest BCUT2D eigenvalue weighted by Gasteiger charge is 2.27. The fourth-order valence-corrected chi connectivity index (χ4v) is 4.00. The highest BCUT2D eigenvalue weighted by Crippen LogP contribution is 2.24. The van der Waals surface area contributed by atoms with E-state index in [1.54, 1.807) is 18.4 Å². The van der Waals surface area contributed by atoms with E-state index >= 15 is 0 Å². The van der Waals surface area contributed by atoms with Gasteiger partial charge in [-0.05, 0) is 55.1 Å². The van der Waals surface area contributed by atoms with Crippen molar-refractivity contribution in [3.05, 3.63) is 47.7 Å². The number of anilines is 1. The molecule has 1 unspecified atom stereocenters. The molecule has 1 amide bonds. The Bertz CT molecular complexity index is 908. The van der Waals surface area contributed by atoms with E-state index in [0.717, 1.165) is 35.7 Å². The molecule has 3 heterocycles. The van der Waals surface area contributed by atoms with Gasteiger partial charge in [-0.25, -0.2) is 0 Å². The number of benzene rings is 1. The van der Waals surface area contributed by atoms with Crippen LogP contribution in [0.1, 0.15) is 18.7 Å². The minimum atomic E-state index is -0.0597. The van der Waals surface area contributed by atoms with Crippen molar-refractivity contribution in [2.45, 2.75) is 19.4 Å². The summed E-state index contributed by atoms with van der Waals surface area (Å²) in [5.41, 5.74) is 0.778. The van der Waals surface area contributed by atoms with Gasteiger partial charge in [0.05, 0.1) is 24.4 Å². The Morgan fingerprint density at radius 1 is 1.36 bits per heavy atom. The van der Waals surface area contributed by atoms with Crippen LogP contribution in [-0.4, -0.2) is 41.1 Å². The summed E-state index contributed by atoms with van der Waals surface area (Å²) in [4.78, 5) is 20.3. The number of piperidine rings is 1. The Labute approximate surface area is 167 Å². The predicted octanol–water partition coefficient (Wildman–Crippen LogP) is 3.66. The third-order valence-electron chi connectivity index (χ3n) is 4.80. The Morgan fingerprint density at radius 3 is 2.96 bits per heavy atom. The van der Waals surface area contributed by atoms with E-state index in [2.05, 4.69) is 20.4 Å². The van der Waals surface area contributed by atoms with Gasteiger partial charge in [0.1, 0.15) is 5.75 Å². The molecular weight excluding hydrogens is 376 g/mol. The van der Waals surface area contributed by atoms with Crippen molar-refractivity contribution < 1.29 is 14.1 Å². The number of ether oxygens (including phenoxy) is 1. The second-order valence-corrected chi connectivity index (χ2v) is 7.73. The first-order valence-corrected chi connectivity index (χ1v) is 10.1. The van der Waals surface area contributed by atoms with Gasteiger partial charge < -0.3 is 14.6 Å². The number of likely N-dealkylation sites (tertiary alicyclic amines) is 1. The van der Waals surface area contributed by atoms with Gasteiger partial charge in [0.2, 0.25) is 17.6 Å². The Morgan fingerprint density at radius 2 is 2.21 bits per heavy atom. The Hall–Kier alpha value is -2.71. The molecule has 4 rings (SSSR count). The van der Waals surface area contributed by atoms with E-state index in [1.807, 2.05) is 41.8 Å². The number of carbonyl (C=O) groups excluding carboxylic acids is 1. The minimum absolute atomic E-state index is 0.0414. The third kappa shape index (κ3) is 4.40. The maximum absolute atomic E-state index is 12.7. The van der Waals surface area contributed by atoms with Crippen molar-refractivity contribution in [1.29, 1.82) is 0 Å². The molecule has 1 fully saturated rings. The topological polar surface area (TPSA) is 80.5 Å². The molecule has 1 aliphatic rings. The largest absolute Gasteiger partial charge is 0.497 e. The van der Waals surface area contributed by atoms with Crippen LogP contribution < -0.4 is 10.1 Å². The van der Waals surface area contributed by atoms with E-state index in [4.69, 9.17) is 9.26 Å². The lowest BCUT2D eigenvalue weighted by Crippen LogP contribution is -2.40. The first-order valence-electron chi connectivity index (χ1n) is 9.25. The molecule has 1 atom stereocenters. The average Bonchev–Trinajstić information content (AvgIpc) is 3.41. The SMILES string of the molecule is COc1ccc(NC(=O)C2CCCN(Cc3nc(-c4cccs4)no3)C2)cc1. The molecule has 1 aromatic carbocycles. The lowest BCUT2D eigenvalue weighted by atomic mass is 9.97. The van der Waals surface area contributed by atoms with Crippen LogP contribution in [0.3, 0.4) is 0 Å². The number of rotatable bonds is 6. The van der Waals surface area contributed by atoms with Gasteiger partial charge in [-0.1, -0.05) is 11.2 Å². The van der Waals surface area contributed by atoms with E-state index in [9.17, 15) is 4.79 Å². The molecule has 8 heteroatoms. The number of thiophene rings is 1. The lowest BCUT2D eigenvalue weighted by Gasteiger charge is -2.30. The molecule has 3 aromatic rings. The van der Waals surface area contributed by atoms with Gasteiger partial charge in [-0.3, -0.25) is 9.69 Å². The first-order chi connectivity index (χ1) is 13.7. The zero-order valence-corrected chi connectivity index (χ0v) is 16.4. The average molecular weight is 398 g/mol. The molecular formula is C20H22N4O3S. The van der Waals surface area contributed by atoms with Crippen molar-refractivity contribution in [3.8, 4) is 16.5 Å². The number of hydrogen-bond donors (Lipinski definition) is 1. The maximum Gasteiger partial charge on any atom is 0.241 e. The minimum Gasteiger partial charge on any atom is -0.497 e. The van der Waals surface area contributed by atoms with Gasteiger partial charge in [0, 0.05) is 12.2 Å². The van der Waals surface area contributed by atoms with Crippen LogP contribution in [0.15, 0.2) is 46.3 Å². The van der Waals surface area contributed by atoms with Crippen molar-refractivity contribution in [3.63, 3.8) is 0 Å². The number of nitrogens with zero attached hydrogens (tertiary/aromatic N) is 3. The maximum atomic E-state index is 12.7. The Balaban J connectivity index is 1.34. The smallest absolute Gasteiger partial charge is 0.241 e. The monoisotopic (exact) mass is 398 g/mol. The number of nitrogens with one attached hydrogen (secondary N) is 1. The molecule has 1 aliphatic heterocycles. The summed E-state index contributed by atoms with van der Waals surface area (Å²) in [5, 5.41) is 9.04. The van der Waals surface area contributed by atoms with Crippen LogP contribution >= 0.6 is 11.3 Å². The number of methoxy groups -OCH3 is 1. The molecule has 2 aromatic heterocycles. The van der Waals surface area contributed by atoms with Gasteiger partial charge in [-0.2, -0.15) is 4.98 Å².